The quantitative estimate of drug-likeness (QED) is 0.894. The van der Waals surface area contributed by atoms with E-state index in [1.165, 1.54) is 18.4 Å². The molecule has 0 aliphatic carbocycles. The third-order valence-electron chi connectivity index (χ3n) is 3.50. The Morgan fingerprint density at radius 1 is 1.43 bits per heavy atom. The Balaban J connectivity index is 1.92. The maximum atomic E-state index is 11.8. The third kappa shape index (κ3) is 5.76. The summed E-state index contributed by atoms with van der Waals surface area (Å²) < 4.78 is 5.27. The van der Waals surface area contributed by atoms with Gasteiger partial charge in [0.25, 0.3) is 0 Å². The summed E-state index contributed by atoms with van der Waals surface area (Å²) in [5.74, 6) is 0.690. The van der Waals surface area contributed by atoms with Crippen molar-refractivity contribution in [2.75, 3.05) is 18.4 Å². The highest BCUT2D eigenvalue weighted by atomic mass is 16.6. The van der Waals surface area contributed by atoms with Crippen molar-refractivity contribution in [3.63, 3.8) is 0 Å². The van der Waals surface area contributed by atoms with Gasteiger partial charge in [0.15, 0.2) is 0 Å². The predicted octanol–water partition coefficient (Wildman–Crippen LogP) is 3.58. The normalized spacial score (nSPS) is 19.1. The number of piperidine rings is 1. The number of nitrogens with one attached hydrogen (secondary N) is 2. The summed E-state index contributed by atoms with van der Waals surface area (Å²) in [6.45, 7) is 7.80. The van der Waals surface area contributed by atoms with E-state index in [0.717, 1.165) is 25.2 Å². The molecule has 0 bridgehead atoms. The number of carbonyl (C=O) groups excluding carboxylic acids is 1. The molecule has 2 N–H and O–H groups in total. The minimum absolute atomic E-state index is 0.404. The molecule has 1 unspecified atom stereocenters. The van der Waals surface area contributed by atoms with Gasteiger partial charge in [0, 0.05) is 5.69 Å². The summed E-state index contributed by atoms with van der Waals surface area (Å²) in [6, 6.07) is 8.04. The first-order valence-electron chi connectivity index (χ1n) is 7.72. The predicted molar refractivity (Wildman–Crippen MR) is 85.6 cm³/mol. The number of anilines is 1. The Morgan fingerprint density at radius 2 is 2.24 bits per heavy atom. The van der Waals surface area contributed by atoms with Gasteiger partial charge in [-0.3, -0.25) is 5.32 Å². The van der Waals surface area contributed by atoms with Crippen molar-refractivity contribution in [1.29, 1.82) is 0 Å². The smallest absolute Gasteiger partial charge is 0.412 e. The van der Waals surface area contributed by atoms with Crippen molar-refractivity contribution in [3.8, 4) is 0 Å². The zero-order valence-corrected chi connectivity index (χ0v) is 13.2. The van der Waals surface area contributed by atoms with Gasteiger partial charge in [-0.2, -0.15) is 0 Å². The molecular weight excluding hydrogens is 264 g/mol. The van der Waals surface area contributed by atoms with Crippen LogP contribution in [0.1, 0.15) is 39.2 Å². The van der Waals surface area contributed by atoms with Gasteiger partial charge in [-0.15, -0.1) is 0 Å². The first-order valence-corrected chi connectivity index (χ1v) is 7.72. The Hall–Kier alpha value is -1.55. The van der Waals surface area contributed by atoms with Crippen LogP contribution >= 0.6 is 0 Å². The lowest BCUT2D eigenvalue weighted by atomic mass is 9.92. The molecule has 1 fully saturated rings. The van der Waals surface area contributed by atoms with Crippen LogP contribution in [0.15, 0.2) is 24.3 Å². The van der Waals surface area contributed by atoms with Crippen LogP contribution in [0, 0.1) is 5.92 Å². The van der Waals surface area contributed by atoms with Gasteiger partial charge in [0.2, 0.25) is 0 Å². The van der Waals surface area contributed by atoms with Gasteiger partial charge < -0.3 is 10.1 Å². The zero-order chi connectivity index (χ0) is 15.3. The maximum absolute atomic E-state index is 11.8. The zero-order valence-electron chi connectivity index (χ0n) is 13.2. The number of hydrogen-bond acceptors (Lipinski definition) is 3. The van der Waals surface area contributed by atoms with Crippen molar-refractivity contribution in [3.05, 3.63) is 29.8 Å². The monoisotopic (exact) mass is 290 g/mol. The van der Waals surface area contributed by atoms with Crippen LogP contribution in [0.3, 0.4) is 0 Å². The average molecular weight is 290 g/mol. The summed E-state index contributed by atoms with van der Waals surface area (Å²) in [7, 11) is 0. The van der Waals surface area contributed by atoms with Crippen LogP contribution in [0.5, 0.6) is 0 Å². The molecule has 1 heterocycles. The van der Waals surface area contributed by atoms with Crippen LogP contribution in [-0.4, -0.2) is 24.8 Å². The van der Waals surface area contributed by atoms with Gasteiger partial charge in [-0.25, -0.2) is 4.79 Å². The van der Waals surface area contributed by atoms with Gasteiger partial charge in [-0.1, -0.05) is 12.1 Å². The number of benzene rings is 1. The summed E-state index contributed by atoms with van der Waals surface area (Å²) >= 11 is 0. The molecule has 2 rings (SSSR count). The number of rotatable bonds is 3. The molecule has 1 aliphatic rings. The first-order chi connectivity index (χ1) is 9.92. The fourth-order valence-electron chi connectivity index (χ4n) is 2.63. The summed E-state index contributed by atoms with van der Waals surface area (Å²) in [5.41, 5.74) is 1.58. The third-order valence-corrected chi connectivity index (χ3v) is 3.50. The molecule has 4 nitrogen and oxygen atoms in total. The van der Waals surface area contributed by atoms with Crippen LogP contribution in [0.2, 0.25) is 0 Å². The van der Waals surface area contributed by atoms with E-state index in [4.69, 9.17) is 4.74 Å². The van der Waals surface area contributed by atoms with Crippen LogP contribution in [-0.2, 0) is 11.2 Å². The standard InChI is InChI=1S/C17H26N2O2/c1-17(2,3)21-16(20)19-15-8-4-6-13(11-15)10-14-7-5-9-18-12-14/h4,6,8,11,14,18H,5,7,9-10,12H2,1-3H3,(H,19,20). The second-order valence-corrected chi connectivity index (χ2v) is 6.74. The van der Waals surface area contributed by atoms with Gasteiger partial charge >= 0.3 is 6.09 Å². The molecule has 1 aromatic carbocycles. The molecular formula is C17H26N2O2. The summed E-state index contributed by atoms with van der Waals surface area (Å²) in [6.07, 6.45) is 3.17. The Morgan fingerprint density at radius 3 is 2.90 bits per heavy atom. The van der Waals surface area contributed by atoms with E-state index < -0.39 is 11.7 Å². The first kappa shape index (κ1) is 15.8. The lowest BCUT2D eigenvalue weighted by molar-refractivity contribution is 0.0636. The lowest BCUT2D eigenvalue weighted by Gasteiger charge is -2.23. The molecule has 0 radical (unpaired) electrons. The Bertz CT molecular complexity index is 474. The largest absolute Gasteiger partial charge is 0.444 e. The topological polar surface area (TPSA) is 50.4 Å². The molecule has 0 aromatic heterocycles. The molecule has 0 saturated carbocycles. The number of ether oxygens (including phenoxy) is 1. The minimum Gasteiger partial charge on any atom is -0.444 e. The van der Waals surface area contributed by atoms with Gasteiger partial charge in [0.05, 0.1) is 0 Å². The highest BCUT2D eigenvalue weighted by Crippen LogP contribution is 2.19. The second-order valence-electron chi connectivity index (χ2n) is 6.74. The van der Waals surface area contributed by atoms with Crippen LogP contribution in [0.4, 0.5) is 10.5 Å². The average Bonchev–Trinajstić information content (AvgIpc) is 2.38. The van der Waals surface area contributed by atoms with Crippen molar-refractivity contribution in [1.82, 2.24) is 5.32 Å². The molecule has 1 aromatic rings. The Kier molecular flexibility index (Phi) is 5.23. The molecule has 1 aliphatic heterocycles. The van der Waals surface area contributed by atoms with Crippen molar-refractivity contribution >= 4 is 11.8 Å². The summed E-state index contributed by atoms with van der Waals surface area (Å²) in [4.78, 5) is 11.8. The molecule has 0 spiro atoms. The molecule has 1 amide bonds. The molecule has 21 heavy (non-hydrogen) atoms. The van der Waals surface area contributed by atoms with E-state index in [-0.39, 0.29) is 0 Å². The summed E-state index contributed by atoms with van der Waals surface area (Å²) in [5, 5.41) is 6.24. The molecule has 116 valence electrons. The van der Waals surface area contributed by atoms with E-state index in [1.54, 1.807) is 0 Å². The lowest BCUT2D eigenvalue weighted by Crippen LogP contribution is -2.30. The molecule has 4 heteroatoms. The maximum Gasteiger partial charge on any atom is 0.412 e. The van der Waals surface area contributed by atoms with Crippen molar-refractivity contribution in [2.24, 2.45) is 5.92 Å². The fourth-order valence-corrected chi connectivity index (χ4v) is 2.63. The van der Waals surface area contributed by atoms with E-state index in [1.807, 2.05) is 39.0 Å². The SMILES string of the molecule is CC(C)(C)OC(=O)Nc1cccc(CC2CCCNC2)c1. The molecule has 1 atom stereocenters. The van der Waals surface area contributed by atoms with Crippen molar-refractivity contribution < 1.29 is 9.53 Å². The number of hydrogen-bond donors (Lipinski definition) is 2. The van der Waals surface area contributed by atoms with Crippen molar-refractivity contribution in [2.45, 2.75) is 45.6 Å². The van der Waals surface area contributed by atoms with Crippen LogP contribution < -0.4 is 10.6 Å². The molecule has 1 saturated heterocycles. The number of amides is 1. The highest BCUT2D eigenvalue weighted by molar-refractivity contribution is 5.84. The van der Waals surface area contributed by atoms with Gasteiger partial charge in [-0.05, 0) is 76.7 Å². The van der Waals surface area contributed by atoms with E-state index in [9.17, 15) is 4.79 Å². The number of carbonyl (C=O) groups is 1. The van der Waals surface area contributed by atoms with E-state index in [2.05, 4.69) is 16.7 Å². The minimum atomic E-state index is -0.477. The van der Waals surface area contributed by atoms with Gasteiger partial charge in [0.1, 0.15) is 5.60 Å². The Labute approximate surface area is 127 Å². The highest BCUT2D eigenvalue weighted by Gasteiger charge is 2.17. The second kappa shape index (κ2) is 6.94. The van der Waals surface area contributed by atoms with E-state index >= 15 is 0 Å². The van der Waals surface area contributed by atoms with Crippen LogP contribution in [0.25, 0.3) is 0 Å². The fraction of sp³-hybridized carbons (Fsp3) is 0.588. The van der Waals surface area contributed by atoms with E-state index in [0.29, 0.717) is 5.92 Å².